The Morgan fingerprint density at radius 1 is 1.16 bits per heavy atom. The lowest BCUT2D eigenvalue weighted by Gasteiger charge is -2.43. The molecule has 4 nitrogen and oxygen atoms in total. The summed E-state index contributed by atoms with van der Waals surface area (Å²) < 4.78 is 0. The number of carbonyl (C=O) groups is 1. The number of anilines is 1. The lowest BCUT2D eigenvalue weighted by molar-refractivity contribution is -0.115. The van der Waals surface area contributed by atoms with E-state index in [0.717, 1.165) is 29.8 Å². The predicted molar refractivity (Wildman–Crippen MR) is 139 cm³/mol. The normalized spacial score (nSPS) is 19.9. The fraction of sp³-hybridized carbons (Fsp3) is 0.333. The molecule has 2 heterocycles. The lowest BCUT2D eigenvalue weighted by Crippen LogP contribution is -2.45. The first kappa shape index (κ1) is 22.4. The van der Waals surface area contributed by atoms with Gasteiger partial charge in [-0.25, -0.2) is 4.99 Å². The molecule has 0 aliphatic carbocycles. The Balaban J connectivity index is 1.64. The number of benzene rings is 2. The zero-order valence-electron chi connectivity index (χ0n) is 19.7. The van der Waals surface area contributed by atoms with E-state index in [9.17, 15) is 4.79 Å². The maximum atomic E-state index is 12.6. The number of rotatable bonds is 4. The number of nitrogens with zero attached hydrogens (tertiary/aromatic N) is 2. The minimum Gasteiger partial charge on any atom is -0.362 e. The Morgan fingerprint density at radius 3 is 2.69 bits per heavy atom. The Labute approximate surface area is 195 Å². The molecule has 0 radical (unpaired) electrons. The molecule has 1 fully saturated rings. The SMILES string of the molecule is CCCN1c2ccc(/C=C3/SC(=Nc4cccc(C)c4C)NC3=O)cc2C(C)=CC1(C)C. The minimum absolute atomic E-state index is 0.00640. The average molecular weight is 446 g/mol. The zero-order chi connectivity index (χ0) is 23.0. The number of amides is 1. The van der Waals surface area contributed by atoms with E-state index in [-0.39, 0.29) is 11.4 Å². The van der Waals surface area contributed by atoms with Gasteiger partial charge in [0.15, 0.2) is 5.17 Å². The van der Waals surface area contributed by atoms with E-state index in [1.54, 1.807) is 0 Å². The third kappa shape index (κ3) is 4.26. The number of hydrogen-bond acceptors (Lipinski definition) is 4. The van der Waals surface area contributed by atoms with Crippen LogP contribution in [0.25, 0.3) is 11.6 Å². The van der Waals surface area contributed by atoms with Crippen LogP contribution in [0.3, 0.4) is 0 Å². The molecule has 32 heavy (non-hydrogen) atoms. The molecule has 0 spiro atoms. The highest BCUT2D eigenvalue weighted by molar-refractivity contribution is 8.18. The smallest absolute Gasteiger partial charge is 0.264 e. The summed E-state index contributed by atoms with van der Waals surface area (Å²) >= 11 is 1.40. The van der Waals surface area contributed by atoms with Gasteiger partial charge in [-0.15, -0.1) is 0 Å². The maximum Gasteiger partial charge on any atom is 0.264 e. The monoisotopic (exact) mass is 445 g/mol. The average Bonchev–Trinajstić information content (AvgIpc) is 3.07. The molecule has 0 bridgehead atoms. The van der Waals surface area contributed by atoms with Crippen molar-refractivity contribution >= 4 is 45.9 Å². The first-order valence-electron chi connectivity index (χ1n) is 11.2. The van der Waals surface area contributed by atoms with Crippen LogP contribution < -0.4 is 10.2 Å². The van der Waals surface area contributed by atoms with E-state index in [1.165, 1.54) is 34.1 Å². The molecule has 1 saturated heterocycles. The van der Waals surface area contributed by atoms with E-state index in [0.29, 0.717) is 10.1 Å². The lowest BCUT2D eigenvalue weighted by atomic mass is 9.88. The van der Waals surface area contributed by atoms with E-state index >= 15 is 0 Å². The van der Waals surface area contributed by atoms with Crippen molar-refractivity contribution < 1.29 is 4.79 Å². The highest BCUT2D eigenvalue weighted by Crippen LogP contribution is 2.40. The molecule has 0 unspecified atom stereocenters. The summed E-state index contributed by atoms with van der Waals surface area (Å²) in [7, 11) is 0. The molecule has 2 aliphatic rings. The van der Waals surface area contributed by atoms with Crippen molar-refractivity contribution in [3.05, 3.63) is 69.6 Å². The number of carbonyl (C=O) groups excluding carboxylic acids is 1. The van der Waals surface area contributed by atoms with Gasteiger partial charge in [-0.2, -0.15) is 0 Å². The first-order valence-corrected chi connectivity index (χ1v) is 12.0. The van der Waals surface area contributed by atoms with Crippen LogP contribution in [-0.4, -0.2) is 23.2 Å². The number of nitrogens with one attached hydrogen (secondary N) is 1. The van der Waals surface area contributed by atoms with Gasteiger partial charge in [-0.05, 0) is 99.3 Å². The van der Waals surface area contributed by atoms with Crippen LogP contribution in [0.4, 0.5) is 11.4 Å². The second-order valence-corrected chi connectivity index (χ2v) is 10.1. The van der Waals surface area contributed by atoms with Gasteiger partial charge in [-0.3, -0.25) is 4.79 Å². The fourth-order valence-electron chi connectivity index (χ4n) is 4.42. The summed E-state index contributed by atoms with van der Waals surface area (Å²) in [6.07, 6.45) is 5.40. The van der Waals surface area contributed by atoms with E-state index in [4.69, 9.17) is 0 Å². The van der Waals surface area contributed by atoms with Crippen molar-refractivity contribution in [2.75, 3.05) is 11.4 Å². The van der Waals surface area contributed by atoms with Crippen LogP contribution in [0.15, 0.2) is 52.4 Å². The third-order valence-corrected chi connectivity index (χ3v) is 7.11. The maximum absolute atomic E-state index is 12.6. The van der Waals surface area contributed by atoms with Crippen molar-refractivity contribution in [2.24, 2.45) is 4.99 Å². The molecule has 1 amide bonds. The summed E-state index contributed by atoms with van der Waals surface area (Å²) in [5, 5.41) is 3.54. The molecule has 0 saturated carbocycles. The topological polar surface area (TPSA) is 44.7 Å². The minimum atomic E-state index is -0.0993. The summed E-state index contributed by atoms with van der Waals surface area (Å²) in [5.74, 6) is -0.0993. The van der Waals surface area contributed by atoms with Gasteiger partial charge in [0, 0.05) is 17.8 Å². The van der Waals surface area contributed by atoms with Crippen LogP contribution >= 0.6 is 11.8 Å². The summed E-state index contributed by atoms with van der Waals surface area (Å²) in [6, 6.07) is 12.5. The molecular formula is C27H31N3OS. The van der Waals surface area contributed by atoms with Crippen molar-refractivity contribution in [3.63, 3.8) is 0 Å². The molecule has 0 aromatic heterocycles. The van der Waals surface area contributed by atoms with Gasteiger partial charge in [0.2, 0.25) is 0 Å². The van der Waals surface area contributed by atoms with E-state index < -0.39 is 0 Å². The second-order valence-electron chi connectivity index (χ2n) is 9.11. The van der Waals surface area contributed by atoms with Gasteiger partial charge >= 0.3 is 0 Å². The zero-order valence-corrected chi connectivity index (χ0v) is 20.6. The molecular weight excluding hydrogens is 414 g/mol. The summed E-state index contributed by atoms with van der Waals surface area (Å²) in [4.78, 5) is 20.4. The highest BCUT2D eigenvalue weighted by Gasteiger charge is 2.31. The number of fused-ring (bicyclic) bond motifs is 1. The van der Waals surface area contributed by atoms with Crippen molar-refractivity contribution in [2.45, 2.75) is 53.5 Å². The Hall–Kier alpha value is -2.79. The molecule has 4 rings (SSSR count). The standard InChI is InChI=1S/C27H31N3OS/c1-7-13-30-23-12-11-20(14-21(23)18(3)16-27(30,5)6)15-24-25(31)29-26(32-24)28-22-10-8-9-17(2)19(22)4/h8-12,14-16H,7,13H2,1-6H3,(H,28,29,31)/b24-15+. The van der Waals surface area contributed by atoms with Crippen molar-refractivity contribution in [1.29, 1.82) is 0 Å². The van der Waals surface area contributed by atoms with Crippen molar-refractivity contribution in [3.8, 4) is 0 Å². The number of allylic oxidation sites excluding steroid dienone is 1. The first-order chi connectivity index (χ1) is 15.2. The van der Waals surface area contributed by atoms with Gasteiger partial charge in [-0.1, -0.05) is 31.2 Å². The van der Waals surface area contributed by atoms with Gasteiger partial charge in [0.25, 0.3) is 5.91 Å². The quantitative estimate of drug-likeness (QED) is 0.539. The number of amidine groups is 1. The van der Waals surface area contributed by atoms with Crippen LogP contribution in [-0.2, 0) is 4.79 Å². The molecule has 2 aromatic rings. The molecule has 2 aromatic carbocycles. The largest absolute Gasteiger partial charge is 0.362 e. The Kier molecular flexibility index (Phi) is 6.04. The molecule has 1 N–H and O–H groups in total. The van der Waals surface area contributed by atoms with E-state index in [1.807, 2.05) is 18.2 Å². The van der Waals surface area contributed by atoms with Crippen LogP contribution in [0, 0.1) is 13.8 Å². The van der Waals surface area contributed by atoms with Gasteiger partial charge in [0.05, 0.1) is 16.1 Å². The van der Waals surface area contributed by atoms with Gasteiger partial charge < -0.3 is 10.2 Å². The number of aryl methyl sites for hydroxylation is 1. The van der Waals surface area contributed by atoms with Crippen molar-refractivity contribution in [1.82, 2.24) is 5.32 Å². The summed E-state index contributed by atoms with van der Waals surface area (Å²) in [6.45, 7) is 14.1. The fourth-order valence-corrected chi connectivity index (χ4v) is 5.26. The van der Waals surface area contributed by atoms with Crippen LogP contribution in [0.2, 0.25) is 0 Å². The molecule has 2 aliphatic heterocycles. The molecule has 0 atom stereocenters. The predicted octanol–water partition coefficient (Wildman–Crippen LogP) is 6.61. The second kappa shape index (κ2) is 8.62. The van der Waals surface area contributed by atoms with Gasteiger partial charge in [0.1, 0.15) is 0 Å². The van der Waals surface area contributed by atoms with Crippen LogP contribution in [0.1, 0.15) is 56.4 Å². The number of hydrogen-bond donors (Lipinski definition) is 1. The number of thioether (sulfide) groups is 1. The highest BCUT2D eigenvalue weighted by atomic mass is 32.2. The molecule has 166 valence electrons. The summed E-state index contributed by atoms with van der Waals surface area (Å²) in [5.41, 5.74) is 8.00. The molecule has 5 heteroatoms. The number of aliphatic imine (C=N–C) groups is 1. The third-order valence-electron chi connectivity index (χ3n) is 6.20. The van der Waals surface area contributed by atoms with Crippen LogP contribution in [0.5, 0.6) is 0 Å². The Bertz CT molecular complexity index is 1170. The Morgan fingerprint density at radius 2 is 1.94 bits per heavy atom. The van der Waals surface area contributed by atoms with E-state index in [2.05, 4.69) is 87.1 Å².